The molecule has 2 aliphatic rings. The summed E-state index contributed by atoms with van der Waals surface area (Å²) in [5.41, 5.74) is 5.07. The molecule has 4 rings (SSSR count). The topological polar surface area (TPSA) is 9.23 Å². The van der Waals surface area contributed by atoms with E-state index in [-0.39, 0.29) is 11.5 Å². The predicted molar refractivity (Wildman–Crippen MR) is 113 cm³/mol. The van der Waals surface area contributed by atoms with Crippen LogP contribution in [0.5, 0.6) is 0 Å². The summed E-state index contributed by atoms with van der Waals surface area (Å²) in [4.78, 5) is 0. The first-order chi connectivity index (χ1) is 13.0. The maximum atomic E-state index is 6.39. The molecule has 0 saturated heterocycles. The van der Waals surface area contributed by atoms with Crippen molar-refractivity contribution in [2.45, 2.75) is 64.9 Å². The molecular formula is C26H34O. The van der Waals surface area contributed by atoms with Gasteiger partial charge in [0, 0.05) is 6.61 Å². The molecule has 1 fully saturated rings. The molecule has 0 spiro atoms. The first kappa shape index (κ1) is 18.7. The average molecular weight is 363 g/mol. The predicted octanol–water partition coefficient (Wildman–Crippen LogP) is 6.72. The third kappa shape index (κ3) is 3.05. The molecule has 2 unspecified atom stereocenters. The first-order valence-electron chi connectivity index (χ1n) is 10.7. The maximum Gasteiger partial charge on any atom is 0.0858 e. The highest BCUT2D eigenvalue weighted by Crippen LogP contribution is 2.61. The van der Waals surface area contributed by atoms with Gasteiger partial charge >= 0.3 is 0 Å². The highest BCUT2D eigenvalue weighted by molar-refractivity contribution is 5.39. The number of benzene rings is 2. The lowest BCUT2D eigenvalue weighted by Crippen LogP contribution is -2.53. The van der Waals surface area contributed by atoms with Crippen LogP contribution in [-0.2, 0) is 16.6 Å². The van der Waals surface area contributed by atoms with Crippen LogP contribution in [0.2, 0.25) is 0 Å². The molecule has 144 valence electrons. The summed E-state index contributed by atoms with van der Waals surface area (Å²) in [5.74, 6) is 1.26. The van der Waals surface area contributed by atoms with Gasteiger partial charge in [0.2, 0.25) is 0 Å². The quantitative estimate of drug-likeness (QED) is 0.586. The third-order valence-corrected chi connectivity index (χ3v) is 7.77. The van der Waals surface area contributed by atoms with E-state index in [9.17, 15) is 0 Å². The molecule has 0 bridgehead atoms. The van der Waals surface area contributed by atoms with Crippen molar-refractivity contribution in [3.8, 4) is 0 Å². The average Bonchev–Trinajstić information content (AvgIpc) is 2.67. The van der Waals surface area contributed by atoms with Crippen molar-refractivity contribution in [2.24, 2.45) is 17.3 Å². The Labute approximate surface area is 165 Å². The van der Waals surface area contributed by atoms with Gasteiger partial charge in [0.05, 0.1) is 6.10 Å². The summed E-state index contributed by atoms with van der Waals surface area (Å²) in [6.45, 7) is 10.5. The van der Waals surface area contributed by atoms with Crippen molar-refractivity contribution in [1.29, 1.82) is 0 Å². The van der Waals surface area contributed by atoms with Gasteiger partial charge in [-0.2, -0.15) is 0 Å². The molecule has 2 aliphatic carbocycles. The molecule has 0 aromatic heterocycles. The lowest BCUT2D eigenvalue weighted by Gasteiger charge is -2.59. The molecule has 0 aliphatic heterocycles. The number of hydrogen-bond donors (Lipinski definition) is 0. The molecule has 2 aromatic carbocycles. The van der Waals surface area contributed by atoms with E-state index in [1.807, 2.05) is 0 Å². The first-order valence-corrected chi connectivity index (χ1v) is 10.7. The fourth-order valence-corrected chi connectivity index (χ4v) is 6.50. The standard InChI is InChI=1S/C26H34O/c1-5-27-24(20-12-7-6-8-13-20)22-17-18-26(4)21-14-10-9-11-19(21)15-16-23(26)25(22,2)3/h6-14,22-24H,5,15-18H2,1-4H3/t22?,23-,24?,26+/m0/s1. The van der Waals surface area contributed by atoms with Crippen LogP contribution in [0.3, 0.4) is 0 Å². The van der Waals surface area contributed by atoms with Gasteiger partial charge in [-0.15, -0.1) is 0 Å². The van der Waals surface area contributed by atoms with E-state index in [1.54, 1.807) is 11.1 Å². The molecule has 0 radical (unpaired) electrons. The van der Waals surface area contributed by atoms with Crippen LogP contribution in [0, 0.1) is 17.3 Å². The lowest BCUT2D eigenvalue weighted by atomic mass is 9.46. The van der Waals surface area contributed by atoms with E-state index < -0.39 is 0 Å². The van der Waals surface area contributed by atoms with Gasteiger partial charge in [0.25, 0.3) is 0 Å². The molecule has 0 heterocycles. The second-order valence-electron chi connectivity index (χ2n) is 9.42. The van der Waals surface area contributed by atoms with E-state index in [2.05, 4.69) is 82.3 Å². The molecule has 1 heteroatoms. The fraction of sp³-hybridized carbons (Fsp3) is 0.538. The number of ether oxygens (including phenoxy) is 1. The number of rotatable bonds is 4. The fourth-order valence-electron chi connectivity index (χ4n) is 6.50. The van der Waals surface area contributed by atoms with Crippen molar-refractivity contribution in [1.82, 2.24) is 0 Å². The molecule has 0 N–H and O–H groups in total. The van der Waals surface area contributed by atoms with Crippen LogP contribution >= 0.6 is 0 Å². The minimum atomic E-state index is 0.202. The monoisotopic (exact) mass is 362 g/mol. The molecule has 4 atom stereocenters. The Hall–Kier alpha value is -1.60. The molecule has 1 nitrogen and oxygen atoms in total. The molecular weight excluding hydrogens is 328 g/mol. The Morgan fingerprint density at radius 1 is 0.963 bits per heavy atom. The summed E-state index contributed by atoms with van der Waals surface area (Å²) in [6, 6.07) is 20.1. The molecule has 2 aromatic rings. The second kappa shape index (κ2) is 7.09. The molecule has 1 saturated carbocycles. The van der Waals surface area contributed by atoms with Crippen molar-refractivity contribution >= 4 is 0 Å². The van der Waals surface area contributed by atoms with Gasteiger partial charge < -0.3 is 4.74 Å². The number of aryl methyl sites for hydroxylation is 1. The van der Waals surface area contributed by atoms with Gasteiger partial charge in [-0.25, -0.2) is 0 Å². The Kier molecular flexibility index (Phi) is 4.93. The van der Waals surface area contributed by atoms with Gasteiger partial charge in [0.15, 0.2) is 0 Å². The van der Waals surface area contributed by atoms with Crippen LogP contribution in [0.15, 0.2) is 54.6 Å². The largest absolute Gasteiger partial charge is 0.374 e. The van der Waals surface area contributed by atoms with Crippen LogP contribution in [0.25, 0.3) is 0 Å². The smallest absolute Gasteiger partial charge is 0.0858 e. The van der Waals surface area contributed by atoms with Crippen molar-refractivity contribution in [2.75, 3.05) is 6.61 Å². The lowest BCUT2D eigenvalue weighted by molar-refractivity contribution is -0.0963. The minimum absolute atomic E-state index is 0.202. The summed E-state index contributed by atoms with van der Waals surface area (Å²) < 4.78 is 6.39. The summed E-state index contributed by atoms with van der Waals surface area (Å²) in [6.07, 6.45) is 5.21. The van der Waals surface area contributed by atoms with E-state index in [0.29, 0.717) is 17.3 Å². The van der Waals surface area contributed by atoms with Crippen molar-refractivity contribution < 1.29 is 4.74 Å². The zero-order valence-corrected chi connectivity index (χ0v) is 17.4. The van der Waals surface area contributed by atoms with Gasteiger partial charge in [0.1, 0.15) is 0 Å². The molecule has 0 amide bonds. The Bertz CT molecular complexity index is 778. The Balaban J connectivity index is 1.71. The minimum Gasteiger partial charge on any atom is -0.374 e. The van der Waals surface area contributed by atoms with E-state index in [0.717, 1.165) is 6.61 Å². The summed E-state index contributed by atoms with van der Waals surface area (Å²) >= 11 is 0. The van der Waals surface area contributed by atoms with E-state index in [1.165, 1.54) is 31.2 Å². The van der Waals surface area contributed by atoms with E-state index >= 15 is 0 Å². The normalized spacial score (nSPS) is 30.2. The summed E-state index contributed by atoms with van der Waals surface area (Å²) in [5, 5.41) is 0. The molecule has 27 heavy (non-hydrogen) atoms. The van der Waals surface area contributed by atoms with Gasteiger partial charge in [-0.3, -0.25) is 0 Å². The van der Waals surface area contributed by atoms with Crippen LogP contribution < -0.4 is 0 Å². The van der Waals surface area contributed by atoms with Crippen molar-refractivity contribution in [3.63, 3.8) is 0 Å². The Morgan fingerprint density at radius 2 is 1.67 bits per heavy atom. The highest BCUT2D eigenvalue weighted by Gasteiger charge is 2.55. The second-order valence-corrected chi connectivity index (χ2v) is 9.42. The van der Waals surface area contributed by atoms with Gasteiger partial charge in [-0.1, -0.05) is 75.4 Å². The van der Waals surface area contributed by atoms with Gasteiger partial charge in [-0.05, 0) is 72.0 Å². The zero-order valence-electron chi connectivity index (χ0n) is 17.4. The Morgan fingerprint density at radius 3 is 2.41 bits per heavy atom. The number of hydrogen-bond acceptors (Lipinski definition) is 1. The van der Waals surface area contributed by atoms with Crippen molar-refractivity contribution in [3.05, 3.63) is 71.3 Å². The maximum absolute atomic E-state index is 6.39. The summed E-state index contributed by atoms with van der Waals surface area (Å²) in [7, 11) is 0. The number of fused-ring (bicyclic) bond motifs is 3. The SMILES string of the molecule is CCOC(c1ccccc1)C1CC[C@]2(C)c3ccccc3CC[C@H]2C1(C)C. The zero-order chi connectivity index (χ0) is 19.1. The van der Waals surface area contributed by atoms with Crippen LogP contribution in [0.1, 0.15) is 69.8 Å². The highest BCUT2D eigenvalue weighted by atomic mass is 16.5. The van der Waals surface area contributed by atoms with Crippen LogP contribution in [-0.4, -0.2) is 6.61 Å². The third-order valence-electron chi connectivity index (χ3n) is 7.77. The van der Waals surface area contributed by atoms with E-state index in [4.69, 9.17) is 4.74 Å². The van der Waals surface area contributed by atoms with Crippen LogP contribution in [0.4, 0.5) is 0 Å².